The van der Waals surface area contributed by atoms with Gasteiger partial charge in [-0.2, -0.15) is 0 Å². The second-order valence-corrected chi connectivity index (χ2v) is 6.89. The van der Waals surface area contributed by atoms with E-state index < -0.39 is 0 Å². The van der Waals surface area contributed by atoms with Crippen LogP contribution in [0.15, 0.2) is 10.5 Å². The number of furan rings is 1. The fourth-order valence-corrected chi connectivity index (χ4v) is 3.09. The molecule has 0 unspecified atom stereocenters. The third-order valence-electron chi connectivity index (χ3n) is 4.63. The quantitative estimate of drug-likeness (QED) is 0.627. The average molecular weight is 362 g/mol. The molecule has 1 saturated heterocycles. The average Bonchev–Trinajstić information content (AvgIpc) is 3.09. The largest absolute Gasteiger partial charge is 0.455 e. The van der Waals surface area contributed by atoms with Gasteiger partial charge in [-0.3, -0.25) is 0 Å². The molecule has 0 amide bonds. The van der Waals surface area contributed by atoms with E-state index in [2.05, 4.69) is 35.6 Å². The van der Waals surface area contributed by atoms with Crippen molar-refractivity contribution in [3.8, 4) is 0 Å². The van der Waals surface area contributed by atoms with Crippen LogP contribution in [-0.2, 0) is 11.2 Å². The Morgan fingerprint density at radius 3 is 2.19 bits per heavy atom. The van der Waals surface area contributed by atoms with Crippen LogP contribution in [0.25, 0.3) is 11.1 Å². The van der Waals surface area contributed by atoms with Crippen LogP contribution in [0, 0.1) is 6.92 Å². The molecule has 0 aliphatic carbocycles. The number of aromatic nitrogens is 2. The number of ether oxygens (including phenoxy) is 1. The van der Waals surface area contributed by atoms with E-state index in [1.165, 1.54) is 38.5 Å². The first-order valence-corrected chi connectivity index (χ1v) is 10.3. The van der Waals surface area contributed by atoms with Crippen molar-refractivity contribution in [1.29, 1.82) is 0 Å². The van der Waals surface area contributed by atoms with Gasteiger partial charge < -0.3 is 14.1 Å². The molecular weight excluding hydrogens is 326 g/mol. The van der Waals surface area contributed by atoms with Gasteiger partial charge in [-0.1, -0.05) is 59.3 Å². The fraction of sp³-hybridized carbons (Fsp3) is 0.714. The Kier molecular flexibility index (Phi) is 8.89. The number of unbranched alkanes of at least 4 members (excludes halogenated alkanes) is 5. The van der Waals surface area contributed by atoms with Crippen molar-refractivity contribution in [2.24, 2.45) is 0 Å². The van der Waals surface area contributed by atoms with Gasteiger partial charge in [0.05, 0.1) is 13.2 Å². The highest BCUT2D eigenvalue weighted by Gasteiger charge is 2.19. The molecular formula is C21H35N3O2. The summed E-state index contributed by atoms with van der Waals surface area (Å²) in [6.07, 6.45) is 9.36. The van der Waals surface area contributed by atoms with Crippen molar-refractivity contribution in [1.82, 2.24) is 9.97 Å². The second kappa shape index (κ2) is 11.2. The monoisotopic (exact) mass is 361 g/mol. The minimum Gasteiger partial charge on any atom is -0.455 e. The number of morpholine rings is 1. The maximum absolute atomic E-state index is 5.85. The summed E-state index contributed by atoms with van der Waals surface area (Å²) < 4.78 is 11.2. The summed E-state index contributed by atoms with van der Waals surface area (Å²) in [5.41, 5.74) is 1.71. The first kappa shape index (κ1) is 20.7. The highest BCUT2D eigenvalue weighted by molar-refractivity contribution is 5.84. The Bertz CT molecular complexity index is 642. The third-order valence-corrected chi connectivity index (χ3v) is 4.63. The van der Waals surface area contributed by atoms with Crippen LogP contribution in [0.1, 0.15) is 70.9 Å². The second-order valence-electron chi connectivity index (χ2n) is 6.89. The molecule has 1 fully saturated rings. The number of aryl methyl sites for hydroxylation is 2. The number of hydrogen-bond acceptors (Lipinski definition) is 5. The zero-order valence-corrected chi connectivity index (χ0v) is 17.0. The number of rotatable bonds is 7. The molecule has 3 rings (SSSR count). The van der Waals surface area contributed by atoms with Crippen molar-refractivity contribution in [2.45, 2.75) is 72.6 Å². The van der Waals surface area contributed by atoms with E-state index >= 15 is 0 Å². The van der Waals surface area contributed by atoms with Gasteiger partial charge in [-0.25, -0.2) is 9.97 Å². The lowest BCUT2D eigenvalue weighted by molar-refractivity contribution is 0.122. The molecule has 5 heteroatoms. The molecule has 0 atom stereocenters. The van der Waals surface area contributed by atoms with Gasteiger partial charge in [0.15, 0.2) is 11.4 Å². The van der Waals surface area contributed by atoms with Crippen molar-refractivity contribution in [3.05, 3.63) is 17.7 Å². The van der Waals surface area contributed by atoms with E-state index in [9.17, 15) is 0 Å². The minimum atomic E-state index is 0.742. The van der Waals surface area contributed by atoms with E-state index in [1.54, 1.807) is 0 Å². The van der Waals surface area contributed by atoms with Crippen LogP contribution in [0.2, 0.25) is 0 Å². The predicted octanol–water partition coefficient (Wildman–Crippen LogP) is 5.30. The highest BCUT2D eigenvalue weighted by Crippen LogP contribution is 2.27. The van der Waals surface area contributed by atoms with E-state index in [4.69, 9.17) is 9.15 Å². The van der Waals surface area contributed by atoms with E-state index in [-0.39, 0.29) is 0 Å². The first-order valence-electron chi connectivity index (χ1n) is 10.3. The summed E-state index contributed by atoms with van der Waals surface area (Å²) in [6, 6.07) is 2.01. The molecule has 0 N–H and O–H groups in total. The molecule has 0 radical (unpaired) electrons. The van der Waals surface area contributed by atoms with E-state index in [0.717, 1.165) is 61.2 Å². The zero-order valence-electron chi connectivity index (χ0n) is 17.0. The Labute approximate surface area is 158 Å². The molecule has 146 valence electrons. The SMILES string of the molecule is CCCCCCCC.CCc1cc2nc(C)nc(N3CCOCC3)c2o1. The van der Waals surface area contributed by atoms with E-state index in [0.29, 0.717) is 0 Å². The summed E-state index contributed by atoms with van der Waals surface area (Å²) in [5.74, 6) is 2.65. The lowest BCUT2D eigenvalue weighted by Crippen LogP contribution is -2.37. The van der Waals surface area contributed by atoms with Gasteiger partial charge in [0.2, 0.25) is 0 Å². The van der Waals surface area contributed by atoms with Crippen LogP contribution in [0.5, 0.6) is 0 Å². The molecule has 26 heavy (non-hydrogen) atoms. The van der Waals surface area contributed by atoms with Gasteiger partial charge in [0.25, 0.3) is 0 Å². The molecule has 3 heterocycles. The van der Waals surface area contributed by atoms with Crippen molar-refractivity contribution in [2.75, 3.05) is 31.2 Å². The Hall–Kier alpha value is -1.62. The van der Waals surface area contributed by atoms with Crippen molar-refractivity contribution < 1.29 is 9.15 Å². The highest BCUT2D eigenvalue weighted by atomic mass is 16.5. The third kappa shape index (κ3) is 5.97. The number of hydrogen-bond donors (Lipinski definition) is 0. The van der Waals surface area contributed by atoms with Gasteiger partial charge >= 0.3 is 0 Å². The molecule has 2 aromatic heterocycles. The first-order chi connectivity index (χ1) is 12.7. The smallest absolute Gasteiger partial charge is 0.195 e. The molecule has 0 bridgehead atoms. The topological polar surface area (TPSA) is 51.4 Å². The van der Waals surface area contributed by atoms with Gasteiger partial charge in [0.1, 0.15) is 17.1 Å². The lowest BCUT2D eigenvalue weighted by Gasteiger charge is -2.27. The van der Waals surface area contributed by atoms with Gasteiger partial charge in [0, 0.05) is 25.6 Å². The summed E-state index contributed by atoms with van der Waals surface area (Å²) in [4.78, 5) is 11.2. The fourth-order valence-electron chi connectivity index (χ4n) is 3.09. The van der Waals surface area contributed by atoms with Crippen LogP contribution in [0.4, 0.5) is 5.82 Å². The van der Waals surface area contributed by atoms with Gasteiger partial charge in [-0.15, -0.1) is 0 Å². The minimum absolute atomic E-state index is 0.742. The van der Waals surface area contributed by atoms with Gasteiger partial charge in [-0.05, 0) is 6.92 Å². The Morgan fingerprint density at radius 2 is 1.62 bits per heavy atom. The molecule has 1 aliphatic heterocycles. The van der Waals surface area contributed by atoms with Crippen LogP contribution in [0.3, 0.4) is 0 Å². The molecule has 0 aromatic carbocycles. The number of anilines is 1. The Morgan fingerprint density at radius 1 is 0.962 bits per heavy atom. The molecule has 0 saturated carbocycles. The summed E-state index contributed by atoms with van der Waals surface area (Å²) in [6.45, 7) is 11.7. The van der Waals surface area contributed by atoms with Crippen LogP contribution < -0.4 is 4.90 Å². The molecule has 2 aromatic rings. The van der Waals surface area contributed by atoms with Crippen molar-refractivity contribution >= 4 is 16.9 Å². The Balaban J connectivity index is 0.000000260. The lowest BCUT2D eigenvalue weighted by atomic mass is 10.1. The number of nitrogens with zero attached hydrogens (tertiary/aromatic N) is 3. The maximum atomic E-state index is 5.85. The zero-order chi connectivity index (χ0) is 18.8. The summed E-state index contributed by atoms with van der Waals surface area (Å²) >= 11 is 0. The summed E-state index contributed by atoms with van der Waals surface area (Å²) in [5, 5.41) is 0. The molecule has 0 spiro atoms. The normalized spacial score (nSPS) is 14.4. The van der Waals surface area contributed by atoms with Crippen molar-refractivity contribution in [3.63, 3.8) is 0 Å². The molecule has 1 aliphatic rings. The van der Waals surface area contributed by atoms with E-state index in [1.807, 2.05) is 13.0 Å². The predicted molar refractivity (Wildman–Crippen MR) is 108 cm³/mol. The number of fused-ring (bicyclic) bond motifs is 1. The standard InChI is InChI=1S/C13H17N3O2.C8H18/c1-3-10-8-11-12(18-10)13(15-9(2)14-11)16-4-6-17-7-5-16;1-3-5-7-8-6-4-2/h8H,3-7H2,1-2H3;3-8H2,1-2H3. The van der Waals surface area contributed by atoms with Crippen LogP contribution >= 0.6 is 0 Å². The summed E-state index contributed by atoms with van der Waals surface area (Å²) in [7, 11) is 0. The molecule has 5 nitrogen and oxygen atoms in total. The van der Waals surface area contributed by atoms with Crippen LogP contribution in [-0.4, -0.2) is 36.3 Å². The maximum Gasteiger partial charge on any atom is 0.195 e.